The second kappa shape index (κ2) is 4.21. The predicted octanol–water partition coefficient (Wildman–Crippen LogP) is 2.88. The summed E-state index contributed by atoms with van der Waals surface area (Å²) >= 11 is 1.80. The fourth-order valence-electron chi connectivity index (χ4n) is 3.43. The molecule has 5 heterocycles. The zero-order valence-corrected chi connectivity index (χ0v) is 11.1. The maximum atomic E-state index is 4.39. The predicted molar refractivity (Wildman–Crippen MR) is 73.7 cm³/mol. The van der Waals surface area contributed by atoms with E-state index in [0.717, 1.165) is 5.92 Å². The Morgan fingerprint density at radius 3 is 2.83 bits per heavy atom. The minimum Gasteiger partial charge on any atom is -0.325 e. The van der Waals surface area contributed by atoms with Crippen molar-refractivity contribution in [2.45, 2.75) is 18.9 Å². The maximum Gasteiger partial charge on any atom is 0.0954 e. The highest BCUT2D eigenvalue weighted by molar-refractivity contribution is 7.13. The van der Waals surface area contributed by atoms with Gasteiger partial charge in [0.15, 0.2) is 0 Å². The highest BCUT2D eigenvalue weighted by Crippen LogP contribution is 2.38. The molecule has 2 bridgehead atoms. The first-order valence-electron chi connectivity index (χ1n) is 6.70. The van der Waals surface area contributed by atoms with Crippen molar-refractivity contribution in [1.82, 2.24) is 14.5 Å². The molecule has 0 amide bonds. The van der Waals surface area contributed by atoms with Crippen LogP contribution in [0.15, 0.2) is 30.0 Å². The fraction of sp³-hybridized carbons (Fsp3) is 0.500. The van der Waals surface area contributed by atoms with Gasteiger partial charge in [0.05, 0.1) is 29.1 Å². The minimum absolute atomic E-state index is 0.632. The molecule has 94 valence electrons. The summed E-state index contributed by atoms with van der Waals surface area (Å²) in [4.78, 5) is 8.33. The third-order valence-electron chi connectivity index (χ3n) is 4.42. The summed E-state index contributed by atoms with van der Waals surface area (Å²) < 4.78 is 2.42. The van der Waals surface area contributed by atoms with E-state index < -0.39 is 0 Å². The quantitative estimate of drug-likeness (QED) is 0.827. The summed E-state index contributed by atoms with van der Waals surface area (Å²) in [7, 11) is 0. The largest absolute Gasteiger partial charge is 0.325 e. The molecule has 0 saturated carbocycles. The number of piperidine rings is 3. The normalized spacial score (nSPS) is 30.8. The molecule has 1 atom stereocenters. The van der Waals surface area contributed by atoms with E-state index in [-0.39, 0.29) is 0 Å². The number of aromatic nitrogens is 2. The van der Waals surface area contributed by atoms with Crippen molar-refractivity contribution < 1.29 is 0 Å². The average Bonchev–Trinajstić information content (AvgIpc) is 3.11. The lowest BCUT2D eigenvalue weighted by molar-refractivity contribution is 0.0577. The topological polar surface area (TPSA) is 21.1 Å². The molecule has 1 unspecified atom stereocenters. The van der Waals surface area contributed by atoms with Gasteiger partial charge in [0, 0.05) is 6.54 Å². The van der Waals surface area contributed by atoms with Gasteiger partial charge in [0.1, 0.15) is 0 Å². The molecule has 3 aliphatic heterocycles. The Balaban J connectivity index is 1.71. The van der Waals surface area contributed by atoms with Crippen molar-refractivity contribution in [3.63, 3.8) is 0 Å². The van der Waals surface area contributed by atoms with E-state index in [2.05, 4.69) is 32.0 Å². The molecule has 2 aromatic rings. The second-order valence-electron chi connectivity index (χ2n) is 5.37. The van der Waals surface area contributed by atoms with Crippen LogP contribution in [0.25, 0.3) is 10.6 Å². The van der Waals surface area contributed by atoms with Gasteiger partial charge in [-0.15, -0.1) is 11.3 Å². The van der Waals surface area contributed by atoms with Gasteiger partial charge in [0.2, 0.25) is 0 Å². The van der Waals surface area contributed by atoms with Crippen LogP contribution in [0, 0.1) is 5.92 Å². The van der Waals surface area contributed by atoms with Crippen LogP contribution in [0.3, 0.4) is 0 Å². The number of fused-ring (bicyclic) bond motifs is 3. The lowest BCUT2D eigenvalue weighted by atomic mass is 9.84. The number of hydrogen-bond acceptors (Lipinski definition) is 3. The van der Waals surface area contributed by atoms with Crippen LogP contribution >= 0.6 is 11.3 Å². The first-order valence-corrected chi connectivity index (χ1v) is 7.58. The zero-order valence-electron chi connectivity index (χ0n) is 10.3. The molecule has 3 aliphatic rings. The van der Waals surface area contributed by atoms with E-state index in [1.165, 1.54) is 43.0 Å². The molecule has 0 aliphatic carbocycles. The standard InChI is InChI=1S/C14H17N3S/c1-2-14(18-7-1)12-8-15-10-17(12)13-9-16-5-3-11(13)4-6-16/h1-2,7-8,10-11,13H,3-6,9H2. The lowest BCUT2D eigenvalue weighted by Crippen LogP contribution is -2.48. The van der Waals surface area contributed by atoms with E-state index in [1.807, 2.05) is 12.5 Å². The van der Waals surface area contributed by atoms with E-state index in [0.29, 0.717) is 6.04 Å². The van der Waals surface area contributed by atoms with Gasteiger partial charge >= 0.3 is 0 Å². The Labute approximate surface area is 111 Å². The summed E-state index contributed by atoms with van der Waals surface area (Å²) in [5.41, 5.74) is 1.30. The Morgan fingerprint density at radius 2 is 2.17 bits per heavy atom. The third-order valence-corrected chi connectivity index (χ3v) is 5.31. The second-order valence-corrected chi connectivity index (χ2v) is 6.32. The number of hydrogen-bond donors (Lipinski definition) is 0. The number of nitrogens with zero attached hydrogens (tertiary/aromatic N) is 3. The highest BCUT2D eigenvalue weighted by Gasteiger charge is 2.35. The molecule has 2 aromatic heterocycles. The Morgan fingerprint density at radius 1 is 1.28 bits per heavy atom. The zero-order chi connectivity index (χ0) is 11.9. The SMILES string of the molecule is c1csc(-c2cncn2C2CN3CCC2CC3)c1. The van der Waals surface area contributed by atoms with Gasteiger partial charge < -0.3 is 9.47 Å². The van der Waals surface area contributed by atoms with Crippen LogP contribution in [0.2, 0.25) is 0 Å². The van der Waals surface area contributed by atoms with Gasteiger partial charge in [0.25, 0.3) is 0 Å². The Bertz CT molecular complexity index is 523. The molecule has 0 N–H and O–H groups in total. The number of thiophene rings is 1. The van der Waals surface area contributed by atoms with Gasteiger partial charge in [-0.25, -0.2) is 4.98 Å². The summed E-state index contributed by atoms with van der Waals surface area (Å²) in [6, 6.07) is 4.94. The summed E-state index contributed by atoms with van der Waals surface area (Å²) in [5, 5.41) is 2.14. The summed E-state index contributed by atoms with van der Waals surface area (Å²) in [6.45, 7) is 3.80. The molecule has 4 heteroatoms. The Hall–Kier alpha value is -1.13. The van der Waals surface area contributed by atoms with Crippen molar-refractivity contribution >= 4 is 11.3 Å². The molecular weight excluding hydrogens is 242 g/mol. The molecule has 18 heavy (non-hydrogen) atoms. The molecule has 5 rings (SSSR count). The molecule has 3 nitrogen and oxygen atoms in total. The van der Waals surface area contributed by atoms with Crippen LogP contribution in [0.4, 0.5) is 0 Å². The molecule has 3 saturated heterocycles. The number of rotatable bonds is 2. The third kappa shape index (κ3) is 1.63. The molecule has 3 fully saturated rings. The Kier molecular flexibility index (Phi) is 2.52. The van der Waals surface area contributed by atoms with Crippen molar-refractivity contribution in [2.24, 2.45) is 5.92 Å². The van der Waals surface area contributed by atoms with Gasteiger partial charge in [-0.3, -0.25) is 0 Å². The van der Waals surface area contributed by atoms with Crippen molar-refractivity contribution in [3.05, 3.63) is 30.0 Å². The van der Waals surface area contributed by atoms with Gasteiger partial charge in [-0.05, 0) is 43.3 Å². The average molecular weight is 259 g/mol. The monoisotopic (exact) mass is 259 g/mol. The fourth-order valence-corrected chi connectivity index (χ4v) is 4.17. The minimum atomic E-state index is 0.632. The molecule has 0 radical (unpaired) electrons. The van der Waals surface area contributed by atoms with Crippen molar-refractivity contribution in [1.29, 1.82) is 0 Å². The van der Waals surface area contributed by atoms with E-state index in [4.69, 9.17) is 0 Å². The van der Waals surface area contributed by atoms with Crippen LogP contribution in [0.5, 0.6) is 0 Å². The highest BCUT2D eigenvalue weighted by atomic mass is 32.1. The lowest BCUT2D eigenvalue weighted by Gasteiger charge is -2.45. The van der Waals surface area contributed by atoms with Crippen molar-refractivity contribution in [3.8, 4) is 10.6 Å². The van der Waals surface area contributed by atoms with Crippen LogP contribution in [0.1, 0.15) is 18.9 Å². The van der Waals surface area contributed by atoms with E-state index in [1.54, 1.807) is 11.3 Å². The summed E-state index contributed by atoms with van der Waals surface area (Å²) in [5.74, 6) is 0.850. The van der Waals surface area contributed by atoms with Crippen LogP contribution in [-0.4, -0.2) is 34.1 Å². The van der Waals surface area contributed by atoms with Crippen LogP contribution < -0.4 is 0 Å². The first-order chi connectivity index (χ1) is 8.92. The molecular formula is C14H17N3S. The van der Waals surface area contributed by atoms with Gasteiger partial charge in [-0.1, -0.05) is 6.07 Å². The van der Waals surface area contributed by atoms with E-state index >= 15 is 0 Å². The van der Waals surface area contributed by atoms with Crippen molar-refractivity contribution in [2.75, 3.05) is 19.6 Å². The molecule has 0 spiro atoms. The van der Waals surface area contributed by atoms with E-state index in [9.17, 15) is 0 Å². The van der Waals surface area contributed by atoms with Crippen LogP contribution in [-0.2, 0) is 0 Å². The number of imidazole rings is 1. The maximum absolute atomic E-state index is 4.39. The smallest absolute Gasteiger partial charge is 0.0954 e. The first kappa shape index (κ1) is 10.8. The van der Waals surface area contributed by atoms with Gasteiger partial charge in [-0.2, -0.15) is 0 Å². The summed E-state index contributed by atoms with van der Waals surface area (Å²) in [6.07, 6.45) is 6.75. The molecule has 0 aromatic carbocycles.